The number of nitrogen functional groups attached to an aromatic ring is 1. The van der Waals surface area contributed by atoms with Crippen LogP contribution in [0.3, 0.4) is 0 Å². The van der Waals surface area contributed by atoms with Crippen molar-refractivity contribution in [2.75, 3.05) is 11.1 Å². The summed E-state index contributed by atoms with van der Waals surface area (Å²) in [6, 6.07) is 6.66. The molecule has 23 heavy (non-hydrogen) atoms. The molecule has 1 aliphatic rings. The molecule has 3 unspecified atom stereocenters. The van der Waals surface area contributed by atoms with Crippen molar-refractivity contribution in [2.24, 2.45) is 0 Å². The van der Waals surface area contributed by atoms with Crippen molar-refractivity contribution in [3.05, 3.63) is 23.8 Å². The maximum absolute atomic E-state index is 12.8. The molecule has 4 heteroatoms. The van der Waals surface area contributed by atoms with Crippen molar-refractivity contribution in [1.29, 1.82) is 0 Å². The van der Waals surface area contributed by atoms with Gasteiger partial charge in [0.25, 0.3) is 0 Å². The first-order valence-corrected chi connectivity index (χ1v) is 8.94. The molecular weight excluding hydrogens is 286 g/mol. The number of rotatable bonds is 5. The molecule has 128 valence electrons. The van der Waals surface area contributed by atoms with Crippen molar-refractivity contribution < 1.29 is 4.79 Å². The molecule has 1 aromatic rings. The van der Waals surface area contributed by atoms with Crippen LogP contribution in [0.2, 0.25) is 0 Å². The SMILES string of the molecule is CCc1ccc(NC(=O)C(CC)N2C(C)CCCC2C)cc1N. The number of hydrogen-bond acceptors (Lipinski definition) is 3. The summed E-state index contributed by atoms with van der Waals surface area (Å²) in [5.74, 6) is 0.0803. The quantitative estimate of drug-likeness (QED) is 0.812. The normalized spacial score (nSPS) is 23.5. The molecule has 3 N–H and O–H groups in total. The summed E-state index contributed by atoms with van der Waals surface area (Å²) in [4.78, 5) is 15.2. The lowest BCUT2D eigenvalue weighted by atomic mass is 9.94. The van der Waals surface area contributed by atoms with E-state index in [0.717, 1.165) is 29.8 Å². The van der Waals surface area contributed by atoms with Crippen molar-refractivity contribution in [1.82, 2.24) is 4.90 Å². The van der Waals surface area contributed by atoms with Crippen molar-refractivity contribution in [3.63, 3.8) is 0 Å². The molecular formula is C19H31N3O. The van der Waals surface area contributed by atoms with Crippen LogP contribution >= 0.6 is 0 Å². The van der Waals surface area contributed by atoms with Gasteiger partial charge in [0.05, 0.1) is 6.04 Å². The number of likely N-dealkylation sites (tertiary alicyclic amines) is 1. The lowest BCUT2D eigenvalue weighted by molar-refractivity contribution is -0.124. The molecule has 1 saturated heterocycles. The van der Waals surface area contributed by atoms with Gasteiger partial charge in [-0.25, -0.2) is 0 Å². The second kappa shape index (κ2) is 7.82. The molecule has 1 fully saturated rings. The smallest absolute Gasteiger partial charge is 0.241 e. The van der Waals surface area contributed by atoms with E-state index >= 15 is 0 Å². The van der Waals surface area contributed by atoms with E-state index in [2.05, 4.69) is 37.9 Å². The summed E-state index contributed by atoms with van der Waals surface area (Å²) in [7, 11) is 0. The Kier molecular flexibility index (Phi) is 6.05. The Balaban J connectivity index is 2.12. The number of nitrogens with zero attached hydrogens (tertiary/aromatic N) is 1. The Morgan fingerprint density at radius 2 is 1.96 bits per heavy atom. The van der Waals surface area contributed by atoms with Gasteiger partial charge in [-0.05, 0) is 57.2 Å². The van der Waals surface area contributed by atoms with Crippen LogP contribution in [0.15, 0.2) is 18.2 Å². The lowest BCUT2D eigenvalue weighted by Crippen LogP contribution is -2.54. The Hall–Kier alpha value is -1.55. The Labute approximate surface area is 140 Å². The van der Waals surface area contributed by atoms with E-state index in [4.69, 9.17) is 5.73 Å². The molecule has 1 aliphatic heterocycles. The fourth-order valence-electron chi connectivity index (χ4n) is 3.81. The van der Waals surface area contributed by atoms with E-state index in [1.807, 2.05) is 18.2 Å². The standard InChI is InChI=1S/C19H31N3O/c1-5-15-10-11-16(12-17(15)20)21-19(23)18(6-2)22-13(3)8-7-9-14(22)4/h10-14,18H,5-9,20H2,1-4H3,(H,21,23). The highest BCUT2D eigenvalue weighted by Gasteiger charge is 2.34. The number of carbonyl (C=O) groups excluding carboxylic acids is 1. The van der Waals surface area contributed by atoms with Crippen molar-refractivity contribution in [2.45, 2.75) is 77.9 Å². The molecule has 0 aromatic heterocycles. The number of hydrogen-bond donors (Lipinski definition) is 2. The molecule has 3 atom stereocenters. The maximum atomic E-state index is 12.8. The zero-order valence-corrected chi connectivity index (χ0v) is 14.9. The van der Waals surface area contributed by atoms with Crippen LogP contribution in [0, 0.1) is 0 Å². The highest BCUT2D eigenvalue weighted by atomic mass is 16.2. The minimum absolute atomic E-state index is 0.0765. The fourth-order valence-corrected chi connectivity index (χ4v) is 3.81. The molecule has 0 aliphatic carbocycles. The second-order valence-electron chi connectivity index (χ2n) is 6.76. The van der Waals surface area contributed by atoms with Gasteiger partial charge in [0.1, 0.15) is 0 Å². The fraction of sp³-hybridized carbons (Fsp3) is 0.632. The van der Waals surface area contributed by atoms with Crippen LogP contribution in [0.5, 0.6) is 0 Å². The third kappa shape index (κ3) is 4.05. The molecule has 0 bridgehead atoms. The molecule has 1 aromatic carbocycles. The summed E-state index contributed by atoms with van der Waals surface area (Å²) < 4.78 is 0. The first kappa shape index (κ1) is 17.8. The minimum Gasteiger partial charge on any atom is -0.398 e. The van der Waals surface area contributed by atoms with Crippen LogP contribution in [-0.4, -0.2) is 28.9 Å². The molecule has 0 spiro atoms. The van der Waals surface area contributed by atoms with Crippen LogP contribution in [0.25, 0.3) is 0 Å². The molecule has 2 rings (SSSR count). The number of nitrogens with one attached hydrogen (secondary N) is 1. The predicted molar refractivity (Wildman–Crippen MR) is 97.6 cm³/mol. The van der Waals surface area contributed by atoms with E-state index in [1.54, 1.807) is 0 Å². The van der Waals surface area contributed by atoms with Crippen LogP contribution < -0.4 is 11.1 Å². The number of benzene rings is 1. The first-order valence-electron chi connectivity index (χ1n) is 8.94. The van der Waals surface area contributed by atoms with Gasteiger partial charge in [-0.15, -0.1) is 0 Å². The summed E-state index contributed by atoms with van der Waals surface area (Å²) in [6.07, 6.45) is 5.33. The average molecular weight is 317 g/mol. The summed E-state index contributed by atoms with van der Waals surface area (Å²) in [5, 5.41) is 3.06. The number of nitrogens with two attached hydrogens (primary N) is 1. The zero-order valence-electron chi connectivity index (χ0n) is 14.9. The van der Waals surface area contributed by atoms with Crippen LogP contribution in [0.1, 0.15) is 58.9 Å². The van der Waals surface area contributed by atoms with Crippen LogP contribution in [-0.2, 0) is 11.2 Å². The first-order chi connectivity index (χ1) is 11.0. The Morgan fingerprint density at radius 3 is 2.48 bits per heavy atom. The lowest BCUT2D eigenvalue weighted by Gasteiger charge is -2.43. The van der Waals surface area contributed by atoms with Gasteiger partial charge in [0.2, 0.25) is 5.91 Å². The van der Waals surface area contributed by atoms with E-state index in [0.29, 0.717) is 12.1 Å². The van der Waals surface area contributed by atoms with E-state index in [1.165, 1.54) is 19.3 Å². The topological polar surface area (TPSA) is 58.4 Å². The van der Waals surface area contributed by atoms with Gasteiger partial charge in [0.15, 0.2) is 0 Å². The number of piperidine rings is 1. The molecule has 1 amide bonds. The molecule has 1 heterocycles. The van der Waals surface area contributed by atoms with E-state index in [9.17, 15) is 4.79 Å². The summed E-state index contributed by atoms with van der Waals surface area (Å²) in [6.45, 7) is 8.64. The second-order valence-corrected chi connectivity index (χ2v) is 6.76. The van der Waals surface area contributed by atoms with Crippen molar-refractivity contribution >= 4 is 17.3 Å². The number of amides is 1. The van der Waals surface area contributed by atoms with Gasteiger partial charge in [-0.3, -0.25) is 9.69 Å². The summed E-state index contributed by atoms with van der Waals surface area (Å²) >= 11 is 0. The monoisotopic (exact) mass is 317 g/mol. The zero-order chi connectivity index (χ0) is 17.0. The van der Waals surface area contributed by atoms with E-state index < -0.39 is 0 Å². The Bertz CT molecular complexity index is 533. The van der Waals surface area contributed by atoms with Gasteiger partial charge in [-0.1, -0.05) is 26.3 Å². The highest BCUT2D eigenvalue weighted by Crippen LogP contribution is 2.27. The van der Waals surface area contributed by atoms with Gasteiger partial charge < -0.3 is 11.1 Å². The maximum Gasteiger partial charge on any atom is 0.241 e. The number of anilines is 2. The van der Waals surface area contributed by atoms with Crippen molar-refractivity contribution in [3.8, 4) is 0 Å². The predicted octanol–water partition coefficient (Wildman–Crippen LogP) is 3.81. The third-order valence-electron chi connectivity index (χ3n) is 5.11. The number of aryl methyl sites for hydroxylation is 1. The van der Waals surface area contributed by atoms with Gasteiger partial charge >= 0.3 is 0 Å². The van der Waals surface area contributed by atoms with Gasteiger partial charge in [0, 0.05) is 23.5 Å². The molecule has 0 radical (unpaired) electrons. The largest absolute Gasteiger partial charge is 0.398 e. The van der Waals surface area contributed by atoms with Crippen LogP contribution in [0.4, 0.5) is 11.4 Å². The average Bonchev–Trinajstić information content (AvgIpc) is 2.51. The number of carbonyl (C=O) groups is 1. The molecule has 0 saturated carbocycles. The molecule has 4 nitrogen and oxygen atoms in total. The minimum atomic E-state index is -0.0765. The third-order valence-corrected chi connectivity index (χ3v) is 5.11. The Morgan fingerprint density at radius 1 is 1.30 bits per heavy atom. The highest BCUT2D eigenvalue weighted by molar-refractivity contribution is 5.95. The van der Waals surface area contributed by atoms with Gasteiger partial charge in [-0.2, -0.15) is 0 Å². The van der Waals surface area contributed by atoms with E-state index in [-0.39, 0.29) is 11.9 Å². The summed E-state index contributed by atoms with van der Waals surface area (Å²) in [5.41, 5.74) is 8.70.